The topological polar surface area (TPSA) is 32.3 Å². The molecule has 0 saturated carbocycles. The number of nitrogens with zero attached hydrogens (tertiary/aromatic N) is 1. The molecule has 0 bridgehead atoms. The highest BCUT2D eigenvalue weighted by molar-refractivity contribution is 5.75. The van der Waals surface area contributed by atoms with Crippen LogP contribution in [0.15, 0.2) is 12.2 Å². The van der Waals surface area contributed by atoms with Gasteiger partial charge in [-0.05, 0) is 58.5 Å². The molecule has 1 saturated heterocycles. The first kappa shape index (κ1) is 21.2. The molecule has 140 valence electrons. The standard InChI is InChI=1S/C21H40N2O/c1-3-4-5-6-7-8-9-10-11-12-13-16-21(24)22-18-17-20-15-14-19-23(20)2/h6-7,20H,3-5,8-19H2,1-2H3,(H,22,24)/b7-6-. The molecule has 0 spiro atoms. The Balaban J connectivity index is 1.83. The number of likely N-dealkylation sites (tertiary alicyclic amines) is 1. The maximum absolute atomic E-state index is 11.8. The second-order valence-electron chi connectivity index (χ2n) is 7.34. The summed E-state index contributed by atoms with van der Waals surface area (Å²) in [5.41, 5.74) is 0. The van der Waals surface area contributed by atoms with Gasteiger partial charge in [-0.2, -0.15) is 0 Å². The van der Waals surface area contributed by atoms with E-state index in [0.29, 0.717) is 12.5 Å². The smallest absolute Gasteiger partial charge is 0.219 e. The average Bonchev–Trinajstić information content (AvgIpc) is 2.98. The highest BCUT2D eigenvalue weighted by Gasteiger charge is 2.20. The van der Waals surface area contributed by atoms with Crippen molar-refractivity contribution in [2.45, 2.75) is 96.4 Å². The van der Waals surface area contributed by atoms with Crippen molar-refractivity contribution < 1.29 is 4.79 Å². The lowest BCUT2D eigenvalue weighted by atomic mass is 10.1. The van der Waals surface area contributed by atoms with E-state index in [1.54, 1.807) is 0 Å². The Morgan fingerprint density at radius 1 is 1.08 bits per heavy atom. The molecule has 0 aromatic rings. The SMILES string of the molecule is CCCC/C=C\CCCCCCCC(=O)NCCC1CCCN1C. The molecule has 24 heavy (non-hydrogen) atoms. The summed E-state index contributed by atoms with van der Waals surface area (Å²) < 4.78 is 0. The van der Waals surface area contributed by atoms with Gasteiger partial charge in [-0.25, -0.2) is 0 Å². The third-order valence-electron chi connectivity index (χ3n) is 5.14. The van der Waals surface area contributed by atoms with Crippen molar-refractivity contribution in [2.75, 3.05) is 20.1 Å². The second-order valence-corrected chi connectivity index (χ2v) is 7.34. The lowest BCUT2D eigenvalue weighted by Crippen LogP contribution is -2.31. The molecule has 0 aromatic carbocycles. The van der Waals surface area contributed by atoms with Gasteiger partial charge in [0.25, 0.3) is 0 Å². The third kappa shape index (κ3) is 10.9. The lowest BCUT2D eigenvalue weighted by molar-refractivity contribution is -0.121. The Hall–Kier alpha value is -0.830. The van der Waals surface area contributed by atoms with Crippen LogP contribution < -0.4 is 5.32 Å². The summed E-state index contributed by atoms with van der Waals surface area (Å²) in [5, 5.41) is 3.09. The minimum absolute atomic E-state index is 0.245. The summed E-state index contributed by atoms with van der Waals surface area (Å²) in [6, 6.07) is 0.682. The van der Waals surface area contributed by atoms with Crippen LogP contribution in [0.25, 0.3) is 0 Å². The van der Waals surface area contributed by atoms with E-state index in [9.17, 15) is 4.79 Å². The number of carbonyl (C=O) groups is 1. The van der Waals surface area contributed by atoms with Crippen LogP contribution in [0.2, 0.25) is 0 Å². The van der Waals surface area contributed by atoms with Crippen molar-refractivity contribution in [3.63, 3.8) is 0 Å². The van der Waals surface area contributed by atoms with E-state index in [1.165, 1.54) is 70.8 Å². The fraction of sp³-hybridized carbons (Fsp3) is 0.857. The number of carbonyl (C=O) groups excluding carboxylic acids is 1. The van der Waals surface area contributed by atoms with Crippen molar-refractivity contribution in [2.24, 2.45) is 0 Å². The quantitative estimate of drug-likeness (QED) is 0.355. The van der Waals surface area contributed by atoms with E-state index in [4.69, 9.17) is 0 Å². The monoisotopic (exact) mass is 336 g/mol. The largest absolute Gasteiger partial charge is 0.356 e. The zero-order valence-electron chi connectivity index (χ0n) is 16.2. The molecule has 1 unspecified atom stereocenters. The molecular formula is C21H40N2O. The van der Waals surface area contributed by atoms with Crippen LogP contribution in [0.4, 0.5) is 0 Å². The predicted molar refractivity (Wildman–Crippen MR) is 104 cm³/mol. The van der Waals surface area contributed by atoms with Crippen LogP contribution in [0.1, 0.15) is 90.4 Å². The number of unbranched alkanes of at least 4 members (excludes halogenated alkanes) is 7. The van der Waals surface area contributed by atoms with Gasteiger partial charge < -0.3 is 10.2 Å². The summed E-state index contributed by atoms with van der Waals surface area (Å²) in [4.78, 5) is 14.2. The maximum atomic E-state index is 11.8. The van der Waals surface area contributed by atoms with Gasteiger partial charge in [-0.3, -0.25) is 4.79 Å². The first-order valence-electron chi connectivity index (χ1n) is 10.4. The summed E-state index contributed by atoms with van der Waals surface area (Å²) in [6.45, 7) is 4.30. The summed E-state index contributed by atoms with van der Waals surface area (Å²) in [7, 11) is 2.19. The van der Waals surface area contributed by atoms with Gasteiger partial charge in [-0.15, -0.1) is 0 Å². The number of amides is 1. The van der Waals surface area contributed by atoms with E-state index in [-0.39, 0.29) is 5.91 Å². The molecule has 1 heterocycles. The van der Waals surface area contributed by atoms with Crippen LogP contribution in [-0.4, -0.2) is 37.0 Å². The molecular weight excluding hydrogens is 296 g/mol. The highest BCUT2D eigenvalue weighted by atomic mass is 16.1. The van der Waals surface area contributed by atoms with Gasteiger partial charge in [0.05, 0.1) is 0 Å². The molecule has 1 N–H and O–H groups in total. The van der Waals surface area contributed by atoms with Crippen LogP contribution >= 0.6 is 0 Å². The molecule has 0 radical (unpaired) electrons. The Bertz CT molecular complexity index is 341. The lowest BCUT2D eigenvalue weighted by Gasteiger charge is -2.19. The number of nitrogens with one attached hydrogen (secondary N) is 1. The van der Waals surface area contributed by atoms with Crippen LogP contribution in [-0.2, 0) is 4.79 Å². The zero-order valence-corrected chi connectivity index (χ0v) is 16.2. The molecule has 0 aliphatic carbocycles. The molecule has 1 rings (SSSR count). The number of allylic oxidation sites excluding steroid dienone is 2. The molecule has 3 nitrogen and oxygen atoms in total. The fourth-order valence-corrected chi connectivity index (χ4v) is 3.45. The van der Waals surface area contributed by atoms with Crippen LogP contribution in [0, 0.1) is 0 Å². The van der Waals surface area contributed by atoms with E-state index in [1.807, 2.05) is 0 Å². The summed E-state index contributed by atoms with van der Waals surface area (Å²) in [5.74, 6) is 0.245. The van der Waals surface area contributed by atoms with Crippen molar-refractivity contribution in [3.05, 3.63) is 12.2 Å². The summed E-state index contributed by atoms with van der Waals surface area (Å²) in [6.07, 6.45) is 20.2. The molecule has 3 heteroatoms. The maximum Gasteiger partial charge on any atom is 0.219 e. The Kier molecular flexibility index (Phi) is 12.8. The van der Waals surface area contributed by atoms with Crippen molar-refractivity contribution in [1.29, 1.82) is 0 Å². The average molecular weight is 337 g/mol. The minimum Gasteiger partial charge on any atom is -0.356 e. The fourth-order valence-electron chi connectivity index (χ4n) is 3.45. The van der Waals surface area contributed by atoms with Gasteiger partial charge >= 0.3 is 0 Å². The zero-order chi connectivity index (χ0) is 17.5. The van der Waals surface area contributed by atoms with E-state index in [2.05, 4.69) is 36.3 Å². The van der Waals surface area contributed by atoms with Gasteiger partial charge in [0.2, 0.25) is 5.91 Å². The molecule has 0 aromatic heterocycles. The molecule has 1 aliphatic rings. The first-order chi connectivity index (χ1) is 11.7. The second kappa shape index (κ2) is 14.5. The Morgan fingerprint density at radius 3 is 2.50 bits per heavy atom. The van der Waals surface area contributed by atoms with Crippen LogP contribution in [0.5, 0.6) is 0 Å². The van der Waals surface area contributed by atoms with Crippen LogP contribution in [0.3, 0.4) is 0 Å². The van der Waals surface area contributed by atoms with Gasteiger partial charge in [-0.1, -0.05) is 51.2 Å². The molecule has 1 aliphatic heterocycles. The van der Waals surface area contributed by atoms with Gasteiger partial charge in [0.1, 0.15) is 0 Å². The number of hydrogen-bond donors (Lipinski definition) is 1. The van der Waals surface area contributed by atoms with Gasteiger partial charge in [0.15, 0.2) is 0 Å². The van der Waals surface area contributed by atoms with E-state index < -0.39 is 0 Å². The van der Waals surface area contributed by atoms with Crippen molar-refractivity contribution in [3.8, 4) is 0 Å². The van der Waals surface area contributed by atoms with E-state index >= 15 is 0 Å². The normalized spacial score (nSPS) is 18.5. The minimum atomic E-state index is 0.245. The first-order valence-corrected chi connectivity index (χ1v) is 10.4. The summed E-state index contributed by atoms with van der Waals surface area (Å²) >= 11 is 0. The Labute approximate surface area is 150 Å². The third-order valence-corrected chi connectivity index (χ3v) is 5.14. The predicted octanol–water partition coefficient (Wildman–Crippen LogP) is 5.06. The van der Waals surface area contributed by atoms with Gasteiger partial charge in [0, 0.05) is 19.0 Å². The Morgan fingerprint density at radius 2 is 1.79 bits per heavy atom. The molecule has 1 amide bonds. The number of rotatable bonds is 14. The molecule has 1 fully saturated rings. The van der Waals surface area contributed by atoms with Crippen molar-refractivity contribution in [1.82, 2.24) is 10.2 Å². The van der Waals surface area contributed by atoms with E-state index in [0.717, 1.165) is 19.4 Å². The van der Waals surface area contributed by atoms with Crippen molar-refractivity contribution >= 4 is 5.91 Å². The molecule has 1 atom stereocenters. The highest BCUT2D eigenvalue weighted by Crippen LogP contribution is 2.17. The number of hydrogen-bond acceptors (Lipinski definition) is 2.